The van der Waals surface area contributed by atoms with Crippen molar-refractivity contribution in [2.75, 3.05) is 26.1 Å². The number of hydrogen-bond acceptors (Lipinski definition) is 6. The minimum absolute atomic E-state index is 0.109. The van der Waals surface area contributed by atoms with Gasteiger partial charge in [0.2, 0.25) is 0 Å². The number of aromatic nitrogens is 2. The molecule has 1 aliphatic carbocycles. The van der Waals surface area contributed by atoms with Gasteiger partial charge in [0.15, 0.2) is 11.5 Å². The number of benzene rings is 2. The molecule has 1 N–H and O–H groups in total. The lowest BCUT2D eigenvalue weighted by Gasteiger charge is -2.26. The van der Waals surface area contributed by atoms with Gasteiger partial charge in [0.05, 0.1) is 24.2 Å². The van der Waals surface area contributed by atoms with Crippen molar-refractivity contribution in [2.45, 2.75) is 63.3 Å². The van der Waals surface area contributed by atoms with Gasteiger partial charge in [-0.2, -0.15) is 13.2 Å². The predicted molar refractivity (Wildman–Crippen MR) is 133 cm³/mol. The number of anilines is 1. The second kappa shape index (κ2) is 9.31. The van der Waals surface area contributed by atoms with Crippen LogP contribution in [0.5, 0.6) is 11.5 Å². The summed E-state index contributed by atoms with van der Waals surface area (Å²) in [4.78, 5) is 11.4. The van der Waals surface area contributed by atoms with Crippen molar-refractivity contribution < 1.29 is 27.0 Å². The molecule has 1 saturated heterocycles. The highest BCUT2D eigenvalue weighted by atomic mass is 19.4. The van der Waals surface area contributed by atoms with E-state index < -0.39 is 23.6 Å². The van der Waals surface area contributed by atoms with Crippen LogP contribution in [0, 0.1) is 12.7 Å². The Bertz CT molecular complexity index is 1330. The molecule has 1 aromatic heterocycles. The molecular formula is C27H30F4N4O2. The Kier molecular flexibility index (Phi) is 6.42. The van der Waals surface area contributed by atoms with Gasteiger partial charge in [-0.1, -0.05) is 12.1 Å². The number of halogens is 4. The smallest absolute Gasteiger partial charge is 0.419 e. The van der Waals surface area contributed by atoms with Crippen LogP contribution in [-0.2, 0) is 6.18 Å². The fourth-order valence-electron chi connectivity index (χ4n) is 5.34. The first-order valence-electron chi connectivity index (χ1n) is 12.4. The average molecular weight is 519 g/mol. The lowest BCUT2D eigenvalue weighted by Crippen LogP contribution is -2.37. The summed E-state index contributed by atoms with van der Waals surface area (Å²) in [6, 6.07) is 6.30. The molecule has 2 atom stereocenters. The largest absolute Gasteiger partial charge is 0.493 e. The molecule has 37 heavy (non-hydrogen) atoms. The number of nitrogens with zero attached hydrogens (tertiary/aromatic N) is 3. The summed E-state index contributed by atoms with van der Waals surface area (Å²) in [6.45, 7) is 3.80. The van der Waals surface area contributed by atoms with Crippen molar-refractivity contribution in [2.24, 2.45) is 0 Å². The third kappa shape index (κ3) is 4.79. The van der Waals surface area contributed by atoms with Gasteiger partial charge >= 0.3 is 6.18 Å². The van der Waals surface area contributed by atoms with Crippen molar-refractivity contribution in [3.8, 4) is 11.5 Å². The van der Waals surface area contributed by atoms with Gasteiger partial charge in [-0.15, -0.1) is 0 Å². The van der Waals surface area contributed by atoms with Crippen molar-refractivity contribution >= 4 is 16.7 Å². The Balaban J connectivity index is 1.44. The van der Waals surface area contributed by atoms with Gasteiger partial charge in [-0.3, -0.25) is 4.90 Å². The molecule has 2 aliphatic rings. The Morgan fingerprint density at radius 1 is 1.16 bits per heavy atom. The second-order valence-corrected chi connectivity index (χ2v) is 10.1. The summed E-state index contributed by atoms with van der Waals surface area (Å²) < 4.78 is 66.3. The molecular weight excluding hydrogens is 488 g/mol. The summed E-state index contributed by atoms with van der Waals surface area (Å²) in [6.07, 6.45) is -0.0716. The first-order chi connectivity index (χ1) is 17.5. The average Bonchev–Trinajstić information content (AvgIpc) is 3.57. The minimum Gasteiger partial charge on any atom is -0.493 e. The molecule has 0 unspecified atom stereocenters. The van der Waals surface area contributed by atoms with E-state index >= 15 is 0 Å². The lowest BCUT2D eigenvalue weighted by molar-refractivity contribution is -0.140. The highest BCUT2D eigenvalue weighted by Crippen LogP contribution is 2.51. The van der Waals surface area contributed by atoms with E-state index in [1.54, 1.807) is 33.1 Å². The van der Waals surface area contributed by atoms with Crippen molar-refractivity contribution in [1.29, 1.82) is 0 Å². The van der Waals surface area contributed by atoms with Crippen LogP contribution in [0.1, 0.15) is 55.6 Å². The summed E-state index contributed by atoms with van der Waals surface area (Å²) in [5.74, 6) is 0.563. The lowest BCUT2D eigenvalue weighted by atomic mass is 10.0. The Hall–Kier alpha value is -3.14. The highest BCUT2D eigenvalue weighted by Gasteiger charge is 2.52. The molecule has 1 saturated carbocycles. The van der Waals surface area contributed by atoms with Gasteiger partial charge < -0.3 is 14.8 Å². The number of likely N-dealkylation sites (N-methyl/N-ethyl adjacent to an activating group) is 1. The van der Waals surface area contributed by atoms with Crippen LogP contribution in [0.3, 0.4) is 0 Å². The predicted octanol–water partition coefficient (Wildman–Crippen LogP) is 6.28. The molecule has 10 heteroatoms. The van der Waals surface area contributed by atoms with E-state index in [1.807, 2.05) is 0 Å². The first kappa shape index (κ1) is 25.5. The van der Waals surface area contributed by atoms with E-state index in [1.165, 1.54) is 31.4 Å². The van der Waals surface area contributed by atoms with E-state index in [9.17, 15) is 17.6 Å². The number of fused-ring (bicyclic) bond motifs is 1. The third-order valence-corrected chi connectivity index (χ3v) is 7.74. The molecule has 5 rings (SSSR count). The van der Waals surface area contributed by atoms with Gasteiger partial charge in [0.1, 0.15) is 24.1 Å². The zero-order chi connectivity index (χ0) is 26.5. The third-order valence-electron chi connectivity index (χ3n) is 7.74. The quantitative estimate of drug-likeness (QED) is 0.372. The number of nitrogens with one attached hydrogen (secondary N) is 1. The number of ether oxygens (including phenoxy) is 2. The molecule has 198 valence electrons. The Morgan fingerprint density at radius 3 is 2.57 bits per heavy atom. The van der Waals surface area contributed by atoms with Crippen LogP contribution in [0.4, 0.5) is 23.4 Å². The molecule has 0 radical (unpaired) electrons. The summed E-state index contributed by atoms with van der Waals surface area (Å²) in [5.41, 5.74) is -0.486. The van der Waals surface area contributed by atoms with Gasteiger partial charge in [-0.05, 0) is 58.7 Å². The number of alkyl halides is 3. The van der Waals surface area contributed by atoms with Crippen LogP contribution in [0.2, 0.25) is 0 Å². The van der Waals surface area contributed by atoms with Crippen LogP contribution in [0.25, 0.3) is 10.9 Å². The van der Waals surface area contributed by atoms with Gasteiger partial charge in [-0.25, -0.2) is 14.4 Å². The van der Waals surface area contributed by atoms with Crippen molar-refractivity contribution in [3.05, 3.63) is 53.1 Å². The zero-order valence-corrected chi connectivity index (χ0v) is 21.2. The number of aryl methyl sites for hydroxylation is 1. The van der Waals surface area contributed by atoms with E-state index in [-0.39, 0.29) is 5.56 Å². The maximum absolute atomic E-state index is 14.8. The summed E-state index contributed by atoms with van der Waals surface area (Å²) >= 11 is 0. The standard InChI is InChI=1S/C27H30F4N4O2/c1-15(18-6-5-7-20(24(18)28)27(29,30)31)32-25-19-12-23(22(36-4)13-21(19)33-16(2)34-25)37-14-17-8-9-26(10-11-26)35(17)3/h5-7,12-13,15,17H,8-11,14H2,1-4H3,(H,32,33,34)/t15-,17+/m1/s1. The molecule has 1 spiro atoms. The summed E-state index contributed by atoms with van der Waals surface area (Å²) in [7, 11) is 3.71. The van der Waals surface area contributed by atoms with E-state index in [0.717, 1.165) is 12.5 Å². The zero-order valence-electron chi connectivity index (χ0n) is 21.2. The van der Waals surface area contributed by atoms with Crippen molar-refractivity contribution in [1.82, 2.24) is 14.9 Å². The fraction of sp³-hybridized carbons (Fsp3) is 0.481. The molecule has 0 bridgehead atoms. The van der Waals surface area contributed by atoms with Crippen LogP contribution in [-0.4, -0.2) is 47.2 Å². The minimum atomic E-state index is -4.78. The van der Waals surface area contributed by atoms with Gasteiger partial charge in [0, 0.05) is 28.6 Å². The number of hydrogen-bond donors (Lipinski definition) is 1. The molecule has 3 aromatic rings. The fourth-order valence-corrected chi connectivity index (χ4v) is 5.34. The Morgan fingerprint density at radius 2 is 1.92 bits per heavy atom. The summed E-state index contributed by atoms with van der Waals surface area (Å²) in [5, 5.41) is 3.68. The Labute approximate surface area is 213 Å². The maximum Gasteiger partial charge on any atom is 0.419 e. The first-order valence-corrected chi connectivity index (χ1v) is 12.4. The topological polar surface area (TPSA) is 59.5 Å². The molecule has 0 amide bonds. The maximum atomic E-state index is 14.8. The molecule has 2 fully saturated rings. The number of likely N-dealkylation sites (tertiary alicyclic amines) is 1. The van der Waals surface area contributed by atoms with E-state index in [4.69, 9.17) is 9.47 Å². The monoisotopic (exact) mass is 518 g/mol. The number of rotatable bonds is 7. The van der Waals surface area contributed by atoms with E-state index in [0.29, 0.717) is 52.2 Å². The van der Waals surface area contributed by atoms with Crippen LogP contribution in [0.15, 0.2) is 30.3 Å². The highest BCUT2D eigenvalue weighted by molar-refractivity contribution is 5.92. The second-order valence-electron chi connectivity index (χ2n) is 10.1. The normalized spacial score (nSPS) is 19.8. The molecule has 6 nitrogen and oxygen atoms in total. The van der Waals surface area contributed by atoms with Crippen LogP contribution < -0.4 is 14.8 Å². The number of methoxy groups -OCH3 is 1. The van der Waals surface area contributed by atoms with E-state index in [2.05, 4.69) is 27.2 Å². The molecule has 1 aliphatic heterocycles. The van der Waals surface area contributed by atoms with Crippen molar-refractivity contribution in [3.63, 3.8) is 0 Å². The SMILES string of the molecule is COc1cc2nc(C)nc(N[C@H](C)c3cccc(C(F)(F)F)c3F)c2cc1OC[C@@H]1CCC2(CC2)N1C. The molecule has 2 heterocycles. The molecule has 2 aromatic carbocycles. The van der Waals surface area contributed by atoms with Gasteiger partial charge in [0.25, 0.3) is 0 Å². The van der Waals surface area contributed by atoms with Crippen LogP contribution >= 0.6 is 0 Å².